The molecule has 0 heteroatoms. The molecule has 3 aromatic carbocycles. The van der Waals surface area contributed by atoms with Crippen LogP contribution in [0.1, 0.15) is 184 Å². The molecule has 0 heterocycles. The van der Waals surface area contributed by atoms with Crippen molar-refractivity contribution in [2.24, 2.45) is 17.3 Å². The van der Waals surface area contributed by atoms with Crippen LogP contribution < -0.4 is 0 Å². The van der Waals surface area contributed by atoms with Gasteiger partial charge in [0.05, 0.1) is 0 Å². The van der Waals surface area contributed by atoms with Crippen molar-refractivity contribution in [1.29, 1.82) is 0 Å². The Morgan fingerprint density at radius 2 is 0.750 bits per heavy atom. The van der Waals surface area contributed by atoms with Crippen LogP contribution in [0, 0.1) is 38.0 Å². The number of benzene rings is 3. The van der Waals surface area contributed by atoms with E-state index in [1.165, 1.54) is 112 Å². The van der Waals surface area contributed by atoms with Gasteiger partial charge in [-0.3, -0.25) is 0 Å². The molecule has 0 nitrogen and oxygen atoms in total. The molecule has 0 amide bonds. The highest BCUT2D eigenvalue weighted by atomic mass is 14.3. The van der Waals surface area contributed by atoms with E-state index in [0.717, 1.165) is 23.7 Å². The van der Waals surface area contributed by atoms with Crippen molar-refractivity contribution in [2.45, 2.75) is 176 Å². The van der Waals surface area contributed by atoms with Crippen molar-refractivity contribution in [3.05, 3.63) is 106 Å². The molecule has 3 aromatic rings. The van der Waals surface area contributed by atoms with E-state index in [9.17, 15) is 0 Å². The zero-order valence-electron chi connectivity index (χ0n) is 33.1. The molecule has 48 heavy (non-hydrogen) atoms. The summed E-state index contributed by atoms with van der Waals surface area (Å²) in [5.41, 5.74) is 9.45. The highest BCUT2D eigenvalue weighted by Gasteiger charge is 2.28. The highest BCUT2D eigenvalue weighted by Crippen LogP contribution is 2.39. The molecule has 6 rings (SSSR count). The van der Waals surface area contributed by atoms with Crippen molar-refractivity contribution >= 4 is 0 Å². The van der Waals surface area contributed by atoms with Gasteiger partial charge in [0.1, 0.15) is 0 Å². The maximum atomic E-state index is 2.39. The SMILES string of the molecule is CC1CCC(C(C)(C)C)CC1.Cc1ccc(C(C)(C)C)cc1.Cc1ccc(C2CCCCC2)cc1.Cc1ccc(C2CCCCC2)cc1. The minimum absolute atomic E-state index is 0.285. The monoisotopic (exact) mass is 651 g/mol. The summed E-state index contributed by atoms with van der Waals surface area (Å²) in [4.78, 5) is 0. The lowest BCUT2D eigenvalue weighted by molar-refractivity contribution is 0.155. The van der Waals surface area contributed by atoms with Gasteiger partial charge < -0.3 is 0 Å². The molecule has 3 saturated carbocycles. The molecule has 0 aliphatic heterocycles. The first-order valence-electron chi connectivity index (χ1n) is 19.9. The smallest absolute Gasteiger partial charge is 0.0132 e. The first kappa shape index (κ1) is 40.1. The number of hydrogen-bond donors (Lipinski definition) is 0. The molecule has 0 unspecified atom stereocenters. The molecule has 3 aliphatic carbocycles. The molecule has 0 saturated heterocycles. The maximum absolute atomic E-state index is 2.39. The fourth-order valence-electron chi connectivity index (χ4n) is 7.73. The van der Waals surface area contributed by atoms with Gasteiger partial charge >= 0.3 is 0 Å². The normalized spacial score (nSPS) is 20.6. The minimum Gasteiger partial charge on any atom is -0.0625 e. The van der Waals surface area contributed by atoms with E-state index in [4.69, 9.17) is 0 Å². The van der Waals surface area contributed by atoms with Crippen LogP contribution in [-0.2, 0) is 5.41 Å². The Hall–Kier alpha value is -2.34. The van der Waals surface area contributed by atoms with Crippen LogP contribution in [0.2, 0.25) is 0 Å². The van der Waals surface area contributed by atoms with Crippen LogP contribution in [0.5, 0.6) is 0 Å². The summed E-state index contributed by atoms with van der Waals surface area (Å²) in [5, 5.41) is 0. The van der Waals surface area contributed by atoms with Crippen LogP contribution in [0.15, 0.2) is 72.8 Å². The van der Waals surface area contributed by atoms with Gasteiger partial charge in [0.15, 0.2) is 0 Å². The third-order valence-corrected chi connectivity index (χ3v) is 11.5. The highest BCUT2D eigenvalue weighted by molar-refractivity contribution is 5.27. The number of rotatable bonds is 2. The maximum Gasteiger partial charge on any atom is -0.0132 e. The van der Waals surface area contributed by atoms with Gasteiger partial charge in [0.25, 0.3) is 0 Å². The van der Waals surface area contributed by atoms with Crippen LogP contribution >= 0.6 is 0 Å². The first-order valence-corrected chi connectivity index (χ1v) is 19.9. The second kappa shape index (κ2) is 19.7. The lowest BCUT2D eigenvalue weighted by Crippen LogP contribution is -2.24. The fraction of sp³-hybridized carbons (Fsp3) is 0.625. The third kappa shape index (κ3) is 14.6. The third-order valence-electron chi connectivity index (χ3n) is 11.5. The summed E-state index contributed by atoms with van der Waals surface area (Å²) in [6.07, 6.45) is 20.1. The lowest BCUT2D eigenvalue weighted by Gasteiger charge is -2.35. The summed E-state index contributed by atoms with van der Waals surface area (Å²) < 4.78 is 0. The predicted octanol–water partition coefficient (Wildman–Crippen LogP) is 15.2. The molecule has 0 bridgehead atoms. The van der Waals surface area contributed by atoms with E-state index >= 15 is 0 Å². The second-order valence-electron chi connectivity index (χ2n) is 17.9. The van der Waals surface area contributed by atoms with Gasteiger partial charge in [0, 0.05) is 0 Å². The van der Waals surface area contributed by atoms with E-state index in [2.05, 4.69) is 142 Å². The van der Waals surface area contributed by atoms with Gasteiger partial charge in [-0.1, -0.05) is 189 Å². The molecule has 0 radical (unpaired) electrons. The molecule has 0 aromatic heterocycles. The van der Waals surface area contributed by atoms with Crippen molar-refractivity contribution in [2.75, 3.05) is 0 Å². The summed E-state index contributed by atoms with van der Waals surface area (Å²) in [6, 6.07) is 26.9. The van der Waals surface area contributed by atoms with E-state index < -0.39 is 0 Å². The van der Waals surface area contributed by atoms with Crippen LogP contribution in [0.25, 0.3) is 0 Å². The Balaban J connectivity index is 0.000000174. The molecule has 266 valence electrons. The minimum atomic E-state index is 0.285. The Kier molecular flexibility index (Phi) is 16.5. The quantitative estimate of drug-likeness (QED) is 0.259. The van der Waals surface area contributed by atoms with E-state index in [1.54, 1.807) is 11.1 Å². The largest absolute Gasteiger partial charge is 0.0625 e. The second-order valence-corrected chi connectivity index (χ2v) is 17.9. The Bertz CT molecular complexity index is 1180. The van der Waals surface area contributed by atoms with E-state index in [1.807, 2.05) is 0 Å². The standard InChI is InChI=1S/2C13H18.C11H22.C11H16/c2*1-11-7-9-13(10-8-11)12-5-3-2-4-6-12;2*1-9-5-7-10(8-6-9)11(2,3)4/h2*7-10,12H,2-6H2,1H3;9-10H,5-8H2,1-4H3;5-8H,1-4H3. The van der Waals surface area contributed by atoms with Gasteiger partial charge in [-0.05, 0) is 110 Å². The molecule has 0 atom stereocenters. The lowest BCUT2D eigenvalue weighted by atomic mass is 9.70. The predicted molar refractivity (Wildman–Crippen MR) is 214 cm³/mol. The summed E-state index contributed by atoms with van der Waals surface area (Å²) in [6.45, 7) is 22.7. The average Bonchev–Trinajstić information content (AvgIpc) is 3.07. The summed E-state index contributed by atoms with van der Waals surface area (Å²) in [5.74, 6) is 3.69. The molecule has 0 spiro atoms. The van der Waals surface area contributed by atoms with Crippen LogP contribution in [-0.4, -0.2) is 0 Å². The zero-order chi connectivity index (χ0) is 35.2. The molecule has 3 fully saturated rings. The number of aryl methyl sites for hydroxylation is 3. The van der Waals surface area contributed by atoms with Gasteiger partial charge in [-0.25, -0.2) is 0 Å². The topological polar surface area (TPSA) is 0 Å². The fourth-order valence-corrected chi connectivity index (χ4v) is 7.73. The van der Waals surface area contributed by atoms with Crippen molar-refractivity contribution in [1.82, 2.24) is 0 Å². The Morgan fingerprint density at radius 3 is 1.06 bits per heavy atom. The zero-order valence-corrected chi connectivity index (χ0v) is 33.1. The van der Waals surface area contributed by atoms with E-state index in [-0.39, 0.29) is 5.41 Å². The van der Waals surface area contributed by atoms with Crippen LogP contribution in [0.4, 0.5) is 0 Å². The first-order chi connectivity index (χ1) is 22.7. The van der Waals surface area contributed by atoms with Crippen molar-refractivity contribution in [3.8, 4) is 0 Å². The van der Waals surface area contributed by atoms with Gasteiger partial charge in [-0.2, -0.15) is 0 Å². The van der Waals surface area contributed by atoms with Crippen molar-refractivity contribution < 1.29 is 0 Å². The van der Waals surface area contributed by atoms with E-state index in [0.29, 0.717) is 5.41 Å². The molecule has 3 aliphatic rings. The van der Waals surface area contributed by atoms with Crippen molar-refractivity contribution in [3.63, 3.8) is 0 Å². The summed E-state index contributed by atoms with van der Waals surface area (Å²) in [7, 11) is 0. The average molecular weight is 651 g/mol. The Morgan fingerprint density at radius 1 is 0.417 bits per heavy atom. The number of hydrogen-bond acceptors (Lipinski definition) is 0. The molecule has 0 N–H and O–H groups in total. The Labute approximate surface area is 298 Å². The molecular formula is C48H74. The molecular weight excluding hydrogens is 577 g/mol. The van der Waals surface area contributed by atoms with Crippen LogP contribution in [0.3, 0.4) is 0 Å². The van der Waals surface area contributed by atoms with Gasteiger partial charge in [-0.15, -0.1) is 0 Å². The van der Waals surface area contributed by atoms with Gasteiger partial charge in [0.2, 0.25) is 0 Å². The summed E-state index contributed by atoms with van der Waals surface area (Å²) >= 11 is 0.